The Kier molecular flexibility index (Phi) is 5.86. The minimum absolute atomic E-state index is 0.263. The molecule has 4 nitrogen and oxygen atoms in total. The van der Waals surface area contributed by atoms with Crippen LogP contribution in [0.1, 0.15) is 61.1 Å². The van der Waals surface area contributed by atoms with Crippen LogP contribution < -0.4 is 4.90 Å². The first-order valence-corrected chi connectivity index (χ1v) is 16.3. The van der Waals surface area contributed by atoms with Gasteiger partial charge in [-0.05, 0) is 33.4 Å². The molecule has 0 N–H and O–H groups in total. The van der Waals surface area contributed by atoms with E-state index in [9.17, 15) is 0 Å². The molecule has 6 aromatic rings. The number of hydrogen-bond donors (Lipinski definition) is 0. The molecule has 0 bridgehead atoms. The number of rotatable bonds is 3. The minimum Gasteiger partial charge on any atom is -0.277 e. The highest BCUT2D eigenvalue weighted by Gasteiger charge is 2.50. The van der Waals surface area contributed by atoms with Gasteiger partial charge in [-0.15, -0.1) is 0 Å². The zero-order chi connectivity index (χ0) is 31.9. The Hall–Kier alpha value is -5.61. The first kappa shape index (κ1) is 27.7. The van der Waals surface area contributed by atoms with Crippen LogP contribution in [0.25, 0.3) is 45.3 Å². The maximum atomic E-state index is 5.35. The van der Waals surface area contributed by atoms with Crippen molar-refractivity contribution in [2.24, 2.45) is 0 Å². The molecule has 5 aromatic carbocycles. The van der Waals surface area contributed by atoms with E-state index in [4.69, 9.17) is 15.0 Å². The molecule has 0 spiro atoms. The lowest BCUT2D eigenvalue weighted by atomic mass is 9.73. The number of aromatic nitrogens is 3. The normalized spacial score (nSPS) is 16.6. The van der Waals surface area contributed by atoms with Gasteiger partial charge in [0.15, 0.2) is 11.6 Å². The standard InChI is InChI=1S/C43H34N4/c1-42(2)33-25-15-13-23-31(33)37-35(42)29-21-11-12-22-30(29)36-38(32-24-14-16-26-34(32)43(36,3)4)47(37)41-45-39(27-17-7-5-8-18-27)44-40(46-41)28-19-9-6-10-20-28/h5-26H,1-4H3. The summed E-state index contributed by atoms with van der Waals surface area (Å²) in [4.78, 5) is 18.2. The van der Waals surface area contributed by atoms with Crippen molar-refractivity contribution >= 4 is 28.5 Å². The predicted octanol–water partition coefficient (Wildman–Crippen LogP) is 10.0. The predicted molar refractivity (Wildman–Crippen MR) is 192 cm³/mol. The lowest BCUT2D eigenvalue weighted by molar-refractivity contribution is 0.696. The molecule has 47 heavy (non-hydrogen) atoms. The Labute approximate surface area is 275 Å². The van der Waals surface area contributed by atoms with Crippen LogP contribution in [0.2, 0.25) is 0 Å². The van der Waals surface area contributed by atoms with E-state index in [0.29, 0.717) is 17.6 Å². The summed E-state index contributed by atoms with van der Waals surface area (Å²) in [6, 6.07) is 47.2. The molecule has 2 heterocycles. The topological polar surface area (TPSA) is 41.9 Å². The molecule has 3 aliphatic rings. The average molecular weight is 607 g/mol. The summed E-state index contributed by atoms with van der Waals surface area (Å²) in [5.74, 6) is 1.92. The van der Waals surface area contributed by atoms with Crippen molar-refractivity contribution in [1.82, 2.24) is 15.0 Å². The minimum atomic E-state index is -0.263. The zero-order valence-electron chi connectivity index (χ0n) is 27.0. The summed E-state index contributed by atoms with van der Waals surface area (Å²) in [5, 5.41) is 0. The molecule has 4 heteroatoms. The highest BCUT2D eigenvalue weighted by atomic mass is 15.3. The highest BCUT2D eigenvalue weighted by molar-refractivity contribution is 6.20. The summed E-state index contributed by atoms with van der Waals surface area (Å²) in [7, 11) is 0. The Morgan fingerprint density at radius 2 is 0.766 bits per heavy atom. The fourth-order valence-electron chi connectivity index (χ4n) is 8.12. The summed E-state index contributed by atoms with van der Waals surface area (Å²) >= 11 is 0. The largest absolute Gasteiger partial charge is 0.277 e. The van der Waals surface area contributed by atoms with Gasteiger partial charge >= 0.3 is 0 Å². The monoisotopic (exact) mass is 606 g/mol. The van der Waals surface area contributed by atoms with Crippen LogP contribution in [0.15, 0.2) is 133 Å². The maximum Gasteiger partial charge on any atom is 0.238 e. The summed E-state index contributed by atoms with van der Waals surface area (Å²) in [6.07, 6.45) is 0. The summed E-state index contributed by atoms with van der Waals surface area (Å²) < 4.78 is 0. The van der Waals surface area contributed by atoms with Gasteiger partial charge in [0, 0.05) is 33.1 Å². The van der Waals surface area contributed by atoms with Gasteiger partial charge in [-0.1, -0.05) is 161 Å². The van der Waals surface area contributed by atoms with Gasteiger partial charge in [0.25, 0.3) is 0 Å². The molecular weight excluding hydrogens is 573 g/mol. The van der Waals surface area contributed by atoms with E-state index in [1.807, 2.05) is 36.4 Å². The average Bonchev–Trinajstić information content (AvgIpc) is 3.41. The number of allylic oxidation sites excluding steroid dienone is 2. The molecule has 226 valence electrons. The molecule has 2 aliphatic carbocycles. The van der Waals surface area contributed by atoms with E-state index in [0.717, 1.165) is 22.5 Å². The molecule has 0 radical (unpaired) electrons. The SMILES string of the molecule is CC1(C)C2=C(c3ccccc31)N(c1nc(-c3ccccc3)nc(-c3ccccc3)n1)C1=C(c3ccccc32)C(C)(C)c2ccccc21. The van der Waals surface area contributed by atoms with Gasteiger partial charge in [0.05, 0.1) is 11.4 Å². The van der Waals surface area contributed by atoms with Crippen LogP contribution in [-0.4, -0.2) is 15.0 Å². The van der Waals surface area contributed by atoms with Gasteiger partial charge in [0.2, 0.25) is 5.95 Å². The van der Waals surface area contributed by atoms with E-state index in [1.165, 1.54) is 44.5 Å². The third kappa shape index (κ3) is 3.91. The Bertz CT molecular complexity index is 2140. The number of hydrogen-bond acceptors (Lipinski definition) is 4. The smallest absolute Gasteiger partial charge is 0.238 e. The van der Waals surface area contributed by atoms with Crippen LogP contribution in [0.4, 0.5) is 5.95 Å². The second-order valence-electron chi connectivity index (χ2n) is 13.7. The van der Waals surface area contributed by atoms with Crippen molar-refractivity contribution in [3.05, 3.63) is 167 Å². The lowest BCUT2D eigenvalue weighted by Crippen LogP contribution is -2.23. The van der Waals surface area contributed by atoms with E-state index in [2.05, 4.69) is 130 Å². The number of benzene rings is 5. The van der Waals surface area contributed by atoms with Crippen molar-refractivity contribution in [3.63, 3.8) is 0 Å². The Balaban J connectivity index is 1.46. The molecular formula is C43H34N4. The second-order valence-corrected chi connectivity index (χ2v) is 13.7. The Morgan fingerprint density at radius 3 is 1.19 bits per heavy atom. The van der Waals surface area contributed by atoms with Gasteiger partial charge in [-0.25, -0.2) is 4.98 Å². The lowest BCUT2D eigenvalue weighted by Gasteiger charge is -2.29. The molecule has 1 aliphatic heterocycles. The van der Waals surface area contributed by atoms with E-state index >= 15 is 0 Å². The highest BCUT2D eigenvalue weighted by Crippen LogP contribution is 2.62. The van der Waals surface area contributed by atoms with Gasteiger partial charge < -0.3 is 0 Å². The van der Waals surface area contributed by atoms with Crippen LogP contribution >= 0.6 is 0 Å². The first-order chi connectivity index (χ1) is 22.9. The van der Waals surface area contributed by atoms with E-state index < -0.39 is 0 Å². The van der Waals surface area contributed by atoms with Gasteiger partial charge in [-0.3, -0.25) is 4.90 Å². The van der Waals surface area contributed by atoms with Crippen molar-refractivity contribution in [3.8, 4) is 22.8 Å². The van der Waals surface area contributed by atoms with Crippen molar-refractivity contribution < 1.29 is 0 Å². The molecule has 0 saturated carbocycles. The maximum absolute atomic E-state index is 5.35. The van der Waals surface area contributed by atoms with Crippen LogP contribution in [0, 0.1) is 0 Å². The fourth-order valence-corrected chi connectivity index (χ4v) is 8.12. The summed E-state index contributed by atoms with van der Waals surface area (Å²) in [5.41, 5.74) is 13.8. The zero-order valence-corrected chi connectivity index (χ0v) is 27.0. The van der Waals surface area contributed by atoms with Crippen LogP contribution in [-0.2, 0) is 10.8 Å². The van der Waals surface area contributed by atoms with Gasteiger partial charge in [-0.2, -0.15) is 9.97 Å². The molecule has 0 saturated heterocycles. The van der Waals surface area contributed by atoms with Gasteiger partial charge in [0.1, 0.15) is 0 Å². The van der Waals surface area contributed by atoms with E-state index in [-0.39, 0.29) is 10.8 Å². The van der Waals surface area contributed by atoms with E-state index in [1.54, 1.807) is 0 Å². The molecule has 0 unspecified atom stereocenters. The van der Waals surface area contributed by atoms with Crippen molar-refractivity contribution in [2.75, 3.05) is 4.90 Å². The van der Waals surface area contributed by atoms with Crippen molar-refractivity contribution in [1.29, 1.82) is 0 Å². The number of nitrogens with zero attached hydrogens (tertiary/aromatic N) is 4. The first-order valence-electron chi connectivity index (χ1n) is 16.3. The third-order valence-corrected chi connectivity index (χ3v) is 10.2. The number of anilines is 1. The fraction of sp³-hybridized carbons (Fsp3) is 0.140. The molecule has 0 amide bonds. The Morgan fingerprint density at radius 1 is 0.404 bits per heavy atom. The second kappa shape index (κ2) is 9.94. The third-order valence-electron chi connectivity index (χ3n) is 10.2. The number of fused-ring (bicyclic) bond motifs is 7. The summed E-state index contributed by atoms with van der Waals surface area (Å²) in [6.45, 7) is 9.43. The molecule has 1 aromatic heterocycles. The molecule has 0 atom stereocenters. The van der Waals surface area contributed by atoms with Crippen LogP contribution in [0.3, 0.4) is 0 Å². The molecule has 0 fully saturated rings. The quantitative estimate of drug-likeness (QED) is 0.201. The van der Waals surface area contributed by atoms with Crippen LogP contribution in [0.5, 0.6) is 0 Å². The molecule has 9 rings (SSSR count). The van der Waals surface area contributed by atoms with Crippen molar-refractivity contribution in [2.45, 2.75) is 38.5 Å².